The first-order valence-corrected chi connectivity index (χ1v) is 9.54. The number of fused-ring (bicyclic) bond motifs is 2. The molecule has 2 amide bonds. The average Bonchev–Trinajstić information content (AvgIpc) is 2.90. The Kier molecular flexibility index (Phi) is 4.63. The SMILES string of the molecule is CC12CCC(C(=O)NNC(=O)COc3ccccc3)(C(Br)C1=O)C2(C)C. The maximum absolute atomic E-state index is 13.0. The molecule has 2 aliphatic rings. The minimum Gasteiger partial charge on any atom is -0.484 e. The van der Waals surface area contributed by atoms with E-state index in [1.54, 1.807) is 24.3 Å². The van der Waals surface area contributed by atoms with Gasteiger partial charge in [-0.3, -0.25) is 25.2 Å². The van der Waals surface area contributed by atoms with Gasteiger partial charge in [-0.05, 0) is 30.4 Å². The number of Topliss-reactive ketones (excluding diaryl/α,β-unsaturated/α-hetero) is 1. The molecule has 0 saturated heterocycles. The number of alkyl halides is 1. The van der Waals surface area contributed by atoms with Gasteiger partial charge in [-0.25, -0.2) is 0 Å². The van der Waals surface area contributed by atoms with E-state index in [4.69, 9.17) is 4.74 Å². The van der Waals surface area contributed by atoms with Crippen LogP contribution in [0, 0.1) is 16.2 Å². The largest absolute Gasteiger partial charge is 0.484 e. The van der Waals surface area contributed by atoms with Gasteiger partial charge in [-0.2, -0.15) is 0 Å². The summed E-state index contributed by atoms with van der Waals surface area (Å²) in [5, 5.41) is 0. The molecule has 2 aliphatic carbocycles. The Morgan fingerprint density at radius 2 is 1.81 bits per heavy atom. The van der Waals surface area contributed by atoms with Crippen molar-refractivity contribution in [3.8, 4) is 5.75 Å². The van der Waals surface area contributed by atoms with Crippen molar-refractivity contribution in [3.63, 3.8) is 0 Å². The first-order valence-electron chi connectivity index (χ1n) is 8.62. The zero-order valence-electron chi connectivity index (χ0n) is 15.1. The lowest BCUT2D eigenvalue weighted by Crippen LogP contribution is -2.56. The van der Waals surface area contributed by atoms with Crippen LogP contribution in [0.2, 0.25) is 0 Å². The van der Waals surface area contributed by atoms with Crippen molar-refractivity contribution < 1.29 is 19.1 Å². The van der Waals surface area contributed by atoms with Crippen LogP contribution in [0.4, 0.5) is 0 Å². The molecule has 7 heteroatoms. The molecule has 1 aromatic rings. The van der Waals surface area contributed by atoms with Crippen molar-refractivity contribution in [1.29, 1.82) is 0 Å². The Balaban J connectivity index is 1.63. The number of carbonyl (C=O) groups excluding carboxylic acids is 3. The third-order valence-corrected chi connectivity index (χ3v) is 7.75. The van der Waals surface area contributed by atoms with Crippen LogP contribution >= 0.6 is 15.9 Å². The van der Waals surface area contributed by atoms with E-state index in [1.807, 2.05) is 26.8 Å². The molecule has 0 spiro atoms. The fourth-order valence-corrected chi connectivity index (χ4v) is 5.91. The topological polar surface area (TPSA) is 84.5 Å². The van der Waals surface area contributed by atoms with Gasteiger partial charge in [-0.1, -0.05) is 54.9 Å². The van der Waals surface area contributed by atoms with Crippen LogP contribution in [-0.2, 0) is 14.4 Å². The standard InChI is InChI=1S/C19H23BrN2O4/c1-17(2)18(3)9-10-19(17,14(20)15(18)24)16(25)22-21-13(23)11-26-12-7-5-4-6-8-12/h4-8,14H,9-11H2,1-3H3,(H,21,23)(H,22,25). The Hall–Kier alpha value is -1.89. The Morgan fingerprint density at radius 3 is 2.38 bits per heavy atom. The van der Waals surface area contributed by atoms with Crippen LogP contribution in [-0.4, -0.2) is 29.0 Å². The zero-order chi connectivity index (χ0) is 19.2. The van der Waals surface area contributed by atoms with Gasteiger partial charge in [0.1, 0.15) is 5.75 Å². The summed E-state index contributed by atoms with van der Waals surface area (Å²) >= 11 is 3.45. The second-order valence-corrected chi connectivity index (χ2v) is 8.67. The van der Waals surface area contributed by atoms with Crippen LogP contribution < -0.4 is 15.6 Å². The number of ketones is 1. The predicted molar refractivity (Wildman–Crippen MR) is 99.5 cm³/mol. The molecule has 2 saturated carbocycles. The number of benzene rings is 1. The Labute approximate surface area is 161 Å². The zero-order valence-corrected chi connectivity index (χ0v) is 16.7. The second-order valence-electron chi connectivity index (χ2n) is 7.76. The number of para-hydroxylation sites is 1. The monoisotopic (exact) mass is 422 g/mol. The highest BCUT2D eigenvalue weighted by Crippen LogP contribution is 2.72. The summed E-state index contributed by atoms with van der Waals surface area (Å²) in [6.07, 6.45) is 1.26. The van der Waals surface area contributed by atoms with Gasteiger partial charge in [0.05, 0.1) is 10.2 Å². The van der Waals surface area contributed by atoms with Crippen molar-refractivity contribution in [2.75, 3.05) is 6.61 Å². The Bertz CT molecular complexity index is 751. The van der Waals surface area contributed by atoms with Crippen molar-refractivity contribution in [3.05, 3.63) is 30.3 Å². The summed E-state index contributed by atoms with van der Waals surface area (Å²) in [5.41, 5.74) is 2.96. The molecule has 3 atom stereocenters. The summed E-state index contributed by atoms with van der Waals surface area (Å²) in [5.74, 6) is -0.176. The van der Waals surface area contributed by atoms with Crippen molar-refractivity contribution in [1.82, 2.24) is 10.9 Å². The minimum absolute atomic E-state index is 0.0580. The molecule has 2 fully saturated rings. The van der Waals surface area contributed by atoms with Crippen LogP contribution in [0.15, 0.2) is 30.3 Å². The summed E-state index contributed by atoms with van der Waals surface area (Å²) in [6, 6.07) is 8.95. The van der Waals surface area contributed by atoms with E-state index in [0.29, 0.717) is 18.6 Å². The van der Waals surface area contributed by atoms with Crippen LogP contribution in [0.25, 0.3) is 0 Å². The molecule has 2 N–H and O–H groups in total. The normalized spacial score (nSPS) is 31.5. The highest BCUT2D eigenvalue weighted by atomic mass is 79.9. The van der Waals surface area contributed by atoms with E-state index in [0.717, 1.165) is 0 Å². The average molecular weight is 423 g/mol. The molecule has 0 heterocycles. The molecule has 0 radical (unpaired) electrons. The molecule has 140 valence electrons. The van der Waals surface area contributed by atoms with E-state index in [9.17, 15) is 14.4 Å². The predicted octanol–water partition coefficient (Wildman–Crippen LogP) is 2.37. The molecule has 3 unspecified atom stereocenters. The molecule has 2 bridgehead atoms. The van der Waals surface area contributed by atoms with E-state index in [-0.39, 0.29) is 18.3 Å². The van der Waals surface area contributed by atoms with Gasteiger partial charge in [0.2, 0.25) is 5.91 Å². The number of amides is 2. The molecule has 26 heavy (non-hydrogen) atoms. The maximum Gasteiger partial charge on any atom is 0.276 e. The number of ether oxygens (including phenoxy) is 1. The van der Waals surface area contributed by atoms with Crippen molar-refractivity contribution in [2.45, 2.75) is 38.4 Å². The number of hydrogen-bond donors (Lipinski definition) is 2. The number of nitrogens with one attached hydrogen (secondary N) is 2. The van der Waals surface area contributed by atoms with Gasteiger partial charge in [0, 0.05) is 5.41 Å². The molecule has 6 nitrogen and oxygen atoms in total. The molecular weight excluding hydrogens is 400 g/mol. The first kappa shape index (κ1) is 18.9. The van der Waals surface area contributed by atoms with Crippen LogP contribution in [0.3, 0.4) is 0 Å². The first-order chi connectivity index (χ1) is 12.2. The Morgan fingerprint density at radius 1 is 1.15 bits per heavy atom. The van der Waals surface area contributed by atoms with E-state index >= 15 is 0 Å². The highest BCUT2D eigenvalue weighted by molar-refractivity contribution is 9.10. The second kappa shape index (κ2) is 6.37. The summed E-state index contributed by atoms with van der Waals surface area (Å²) in [7, 11) is 0. The summed E-state index contributed by atoms with van der Waals surface area (Å²) in [4.78, 5) is 37.1. The van der Waals surface area contributed by atoms with Gasteiger partial charge < -0.3 is 4.74 Å². The lowest BCUT2D eigenvalue weighted by atomic mass is 9.64. The molecular formula is C19H23BrN2O4. The van der Waals surface area contributed by atoms with Gasteiger partial charge >= 0.3 is 0 Å². The lowest BCUT2D eigenvalue weighted by molar-refractivity contribution is -0.140. The molecule has 0 aromatic heterocycles. The number of hydrazine groups is 1. The van der Waals surface area contributed by atoms with Crippen molar-refractivity contribution >= 4 is 33.5 Å². The third kappa shape index (κ3) is 2.47. The fourth-order valence-electron chi connectivity index (χ4n) is 4.39. The lowest BCUT2D eigenvalue weighted by Gasteiger charge is -2.39. The number of halogens is 1. The van der Waals surface area contributed by atoms with Crippen LogP contribution in [0.5, 0.6) is 5.75 Å². The maximum atomic E-state index is 13.0. The molecule has 1 aromatic carbocycles. The van der Waals surface area contributed by atoms with Crippen LogP contribution in [0.1, 0.15) is 33.6 Å². The summed E-state index contributed by atoms with van der Waals surface area (Å²) < 4.78 is 5.35. The van der Waals surface area contributed by atoms with E-state index in [1.165, 1.54) is 0 Å². The van der Waals surface area contributed by atoms with Gasteiger partial charge in [0.25, 0.3) is 5.91 Å². The molecule has 0 aliphatic heterocycles. The molecule has 3 rings (SSSR count). The quantitative estimate of drug-likeness (QED) is 0.576. The number of hydrogen-bond acceptors (Lipinski definition) is 4. The highest BCUT2D eigenvalue weighted by Gasteiger charge is 2.76. The van der Waals surface area contributed by atoms with E-state index < -0.39 is 27.0 Å². The minimum atomic E-state index is -0.883. The van der Waals surface area contributed by atoms with Gasteiger partial charge in [-0.15, -0.1) is 0 Å². The number of rotatable bonds is 4. The summed E-state index contributed by atoms with van der Waals surface area (Å²) in [6.45, 7) is 5.63. The fraction of sp³-hybridized carbons (Fsp3) is 0.526. The smallest absolute Gasteiger partial charge is 0.276 e. The van der Waals surface area contributed by atoms with Gasteiger partial charge in [0.15, 0.2) is 12.4 Å². The van der Waals surface area contributed by atoms with E-state index in [2.05, 4.69) is 26.8 Å². The third-order valence-electron chi connectivity index (χ3n) is 6.55. The van der Waals surface area contributed by atoms with Crippen molar-refractivity contribution in [2.24, 2.45) is 16.2 Å². The number of carbonyl (C=O) groups is 3.